The Morgan fingerprint density at radius 2 is 0.776 bits per heavy atom. The summed E-state index contributed by atoms with van der Waals surface area (Å²) in [7, 11) is 0. The zero-order chi connectivity index (χ0) is 48.8. The van der Waals surface area contributed by atoms with Crippen molar-refractivity contribution in [2.45, 2.75) is 309 Å². The Labute approximate surface area is 416 Å². The molecule has 0 aliphatic carbocycles. The minimum absolute atomic E-state index is 0.0509. The van der Waals surface area contributed by atoms with Crippen LogP contribution in [0.3, 0.4) is 0 Å². The van der Waals surface area contributed by atoms with Gasteiger partial charge in [-0.2, -0.15) is 0 Å². The van der Waals surface area contributed by atoms with E-state index in [-0.39, 0.29) is 24.9 Å². The van der Waals surface area contributed by atoms with E-state index in [1.807, 2.05) is 0 Å². The molecule has 390 valence electrons. The molecule has 0 aliphatic heterocycles. The quantitative estimate of drug-likeness (QED) is 0.0244. The number of esters is 1. The number of carbonyl (C=O) groups excluding carboxylic acids is 2. The molecule has 0 aliphatic rings. The second-order valence-electron chi connectivity index (χ2n) is 19.8. The predicted octanol–water partition coefficient (Wildman–Crippen LogP) is 18.0. The van der Waals surface area contributed by atoms with Gasteiger partial charge in [-0.05, 0) is 77.0 Å². The van der Waals surface area contributed by atoms with Crippen LogP contribution in [-0.4, -0.2) is 46.9 Å². The smallest absolute Gasteiger partial charge is 0.306 e. The summed E-state index contributed by atoms with van der Waals surface area (Å²) in [5.41, 5.74) is 0. The summed E-state index contributed by atoms with van der Waals surface area (Å²) in [6.07, 6.45) is 68.5. The van der Waals surface area contributed by atoms with Gasteiger partial charge in [0.25, 0.3) is 0 Å². The van der Waals surface area contributed by atoms with Crippen LogP contribution in [0.5, 0.6) is 0 Å². The summed E-state index contributed by atoms with van der Waals surface area (Å²) < 4.78 is 5.95. The number of amides is 1. The van der Waals surface area contributed by atoms with Crippen LogP contribution in [0.1, 0.15) is 290 Å². The van der Waals surface area contributed by atoms with E-state index in [9.17, 15) is 19.8 Å². The average Bonchev–Trinajstić information content (AvgIpc) is 3.32. The van der Waals surface area contributed by atoms with Gasteiger partial charge in [-0.25, -0.2) is 0 Å². The topological polar surface area (TPSA) is 95.9 Å². The van der Waals surface area contributed by atoms with E-state index in [1.165, 1.54) is 173 Å². The highest BCUT2D eigenvalue weighted by atomic mass is 16.5. The van der Waals surface area contributed by atoms with Crippen LogP contribution in [0.25, 0.3) is 0 Å². The summed E-state index contributed by atoms with van der Waals surface area (Å²) in [5, 5.41) is 23.8. The monoisotopic (exact) mass is 938 g/mol. The summed E-state index contributed by atoms with van der Waals surface area (Å²) in [4.78, 5) is 26.3. The molecule has 0 bridgehead atoms. The minimum Gasteiger partial charge on any atom is -0.462 e. The lowest BCUT2D eigenvalue weighted by molar-refractivity contribution is -0.151. The number of nitrogens with one attached hydrogen (secondary N) is 1. The number of rotatable bonds is 52. The molecular formula is C61H111NO5. The van der Waals surface area contributed by atoms with Gasteiger partial charge in [0.2, 0.25) is 5.91 Å². The predicted molar refractivity (Wildman–Crippen MR) is 292 cm³/mol. The molecule has 3 N–H and O–H groups in total. The van der Waals surface area contributed by atoms with E-state index in [4.69, 9.17) is 4.74 Å². The number of aliphatic hydroxyl groups is 2. The highest BCUT2D eigenvalue weighted by molar-refractivity contribution is 5.77. The van der Waals surface area contributed by atoms with E-state index in [1.54, 1.807) is 0 Å². The third-order valence-corrected chi connectivity index (χ3v) is 13.2. The molecule has 67 heavy (non-hydrogen) atoms. The van der Waals surface area contributed by atoms with Crippen LogP contribution in [0.15, 0.2) is 60.8 Å². The van der Waals surface area contributed by atoms with Gasteiger partial charge in [0, 0.05) is 6.42 Å². The van der Waals surface area contributed by atoms with Crippen LogP contribution < -0.4 is 5.32 Å². The van der Waals surface area contributed by atoms with Crippen molar-refractivity contribution < 1.29 is 24.5 Å². The molecule has 3 atom stereocenters. The summed E-state index contributed by atoms with van der Waals surface area (Å²) in [6, 6.07) is -0.716. The Kier molecular flexibility index (Phi) is 52.5. The van der Waals surface area contributed by atoms with Gasteiger partial charge in [0.15, 0.2) is 0 Å². The Morgan fingerprint density at radius 3 is 1.24 bits per heavy atom. The zero-order valence-electron chi connectivity index (χ0n) is 44.5. The van der Waals surface area contributed by atoms with Crippen LogP contribution in [0.2, 0.25) is 0 Å². The molecule has 0 aromatic carbocycles. The number of carbonyl (C=O) groups is 2. The van der Waals surface area contributed by atoms with Gasteiger partial charge in [-0.3, -0.25) is 9.59 Å². The number of aliphatic hydroxyl groups excluding tert-OH is 2. The average molecular weight is 939 g/mol. The first-order valence-electron chi connectivity index (χ1n) is 29.1. The van der Waals surface area contributed by atoms with Crippen molar-refractivity contribution in [3.05, 3.63) is 60.8 Å². The van der Waals surface area contributed by atoms with Gasteiger partial charge in [-0.15, -0.1) is 0 Å². The van der Waals surface area contributed by atoms with Crippen LogP contribution in [-0.2, 0) is 14.3 Å². The maximum Gasteiger partial charge on any atom is 0.306 e. The Bertz CT molecular complexity index is 1190. The first-order valence-corrected chi connectivity index (χ1v) is 29.1. The van der Waals surface area contributed by atoms with Gasteiger partial charge in [0.05, 0.1) is 25.2 Å². The molecule has 0 aromatic rings. The van der Waals surface area contributed by atoms with Crippen molar-refractivity contribution in [3.63, 3.8) is 0 Å². The van der Waals surface area contributed by atoms with E-state index in [2.05, 4.69) is 86.8 Å². The maximum atomic E-state index is 13.3. The number of hydrogen-bond acceptors (Lipinski definition) is 5. The first-order chi connectivity index (χ1) is 33.0. The van der Waals surface area contributed by atoms with Crippen molar-refractivity contribution in [1.82, 2.24) is 5.32 Å². The SMILES string of the molecule is CCCCC/C=C/C=C/C=C/C=C/CCCCCC(CC(=O)NC(CO)C(O)CCCCCCCCCCCCCCC)OC(=O)CCCCCCCCCCC/C=C/CCCCCCCC. The lowest BCUT2D eigenvalue weighted by Gasteiger charge is -2.24. The second-order valence-corrected chi connectivity index (χ2v) is 19.8. The Morgan fingerprint density at radius 1 is 0.433 bits per heavy atom. The molecule has 6 heteroatoms. The fraction of sp³-hybridized carbons (Fsp3) is 0.803. The Hall–Kier alpha value is -2.44. The molecule has 1 amide bonds. The van der Waals surface area contributed by atoms with Gasteiger partial charge >= 0.3 is 5.97 Å². The lowest BCUT2D eigenvalue weighted by atomic mass is 10.0. The van der Waals surface area contributed by atoms with Gasteiger partial charge < -0.3 is 20.3 Å². The number of hydrogen-bond donors (Lipinski definition) is 3. The van der Waals surface area contributed by atoms with E-state index < -0.39 is 18.2 Å². The summed E-state index contributed by atoms with van der Waals surface area (Å²) in [6.45, 7) is 6.45. The summed E-state index contributed by atoms with van der Waals surface area (Å²) in [5.74, 6) is -0.507. The van der Waals surface area contributed by atoms with Crippen LogP contribution in [0.4, 0.5) is 0 Å². The van der Waals surface area contributed by atoms with Crippen LogP contribution >= 0.6 is 0 Å². The fourth-order valence-corrected chi connectivity index (χ4v) is 8.73. The van der Waals surface area contributed by atoms with E-state index in [0.29, 0.717) is 19.3 Å². The normalized spacial score (nSPS) is 13.6. The fourth-order valence-electron chi connectivity index (χ4n) is 8.73. The van der Waals surface area contributed by atoms with E-state index in [0.717, 1.165) is 70.6 Å². The molecule has 0 rings (SSSR count). The number of allylic oxidation sites excluding steroid dienone is 10. The lowest BCUT2D eigenvalue weighted by Crippen LogP contribution is -2.46. The largest absolute Gasteiger partial charge is 0.462 e. The third-order valence-electron chi connectivity index (χ3n) is 13.2. The standard InChI is InChI=1S/C61H111NO5/c1-4-7-10-13-16-19-22-25-27-29-30-31-33-36-39-42-45-48-51-54-61(66)67-57(52-49-46-43-40-37-35-32-28-26-23-20-17-14-11-8-5-2)55-60(65)62-58(56-63)59(64)53-50-47-44-41-38-34-24-21-18-15-12-9-6-3/h17,20,23,25-28,32,35,37,57-59,63-64H,4-16,18-19,21-22,24,29-31,33-34,36,38-56H2,1-3H3,(H,62,65)/b20-17+,26-23+,27-25+,32-28+,37-35+. The molecule has 0 aromatic heterocycles. The third kappa shape index (κ3) is 49.8. The van der Waals surface area contributed by atoms with Crippen molar-refractivity contribution >= 4 is 11.9 Å². The molecule has 6 nitrogen and oxygen atoms in total. The highest BCUT2D eigenvalue weighted by Gasteiger charge is 2.24. The zero-order valence-corrected chi connectivity index (χ0v) is 44.5. The number of unbranched alkanes of at least 4 members (excludes halogenated alkanes) is 33. The molecule has 0 saturated carbocycles. The molecule has 3 unspecified atom stereocenters. The van der Waals surface area contributed by atoms with Crippen molar-refractivity contribution in [3.8, 4) is 0 Å². The molecule has 0 saturated heterocycles. The van der Waals surface area contributed by atoms with Gasteiger partial charge in [-0.1, -0.05) is 261 Å². The van der Waals surface area contributed by atoms with Crippen molar-refractivity contribution in [1.29, 1.82) is 0 Å². The van der Waals surface area contributed by atoms with Crippen molar-refractivity contribution in [2.75, 3.05) is 6.61 Å². The summed E-state index contributed by atoms with van der Waals surface area (Å²) >= 11 is 0. The molecule has 0 heterocycles. The second kappa shape index (κ2) is 54.5. The van der Waals surface area contributed by atoms with E-state index >= 15 is 0 Å². The number of ether oxygens (including phenoxy) is 1. The van der Waals surface area contributed by atoms with Gasteiger partial charge in [0.1, 0.15) is 6.10 Å². The Balaban J connectivity index is 4.61. The highest BCUT2D eigenvalue weighted by Crippen LogP contribution is 2.18. The molecule has 0 radical (unpaired) electrons. The molecule has 0 spiro atoms. The minimum atomic E-state index is -0.800. The van der Waals surface area contributed by atoms with Crippen LogP contribution in [0, 0.1) is 0 Å². The molecule has 0 fully saturated rings. The first kappa shape index (κ1) is 64.6. The van der Waals surface area contributed by atoms with Crippen molar-refractivity contribution in [2.24, 2.45) is 0 Å². The maximum absolute atomic E-state index is 13.3. The molecular weight excluding hydrogens is 827 g/mol.